The highest BCUT2D eigenvalue weighted by Gasteiger charge is 2.25. The van der Waals surface area contributed by atoms with E-state index in [1.807, 2.05) is 0 Å². The molecule has 0 unspecified atom stereocenters. The van der Waals surface area contributed by atoms with E-state index in [1.165, 1.54) is 25.1 Å². The van der Waals surface area contributed by atoms with E-state index < -0.39 is 29.9 Å². The molecule has 0 aliphatic carbocycles. The van der Waals surface area contributed by atoms with Gasteiger partial charge >= 0.3 is 17.9 Å². The van der Waals surface area contributed by atoms with Crippen LogP contribution in [0, 0.1) is 0 Å². The Bertz CT molecular complexity index is 928. The molecular formula is C22H26N2O7. The van der Waals surface area contributed by atoms with Crippen LogP contribution in [0.3, 0.4) is 0 Å². The van der Waals surface area contributed by atoms with Crippen LogP contribution in [0.5, 0.6) is 0 Å². The van der Waals surface area contributed by atoms with Crippen LogP contribution in [0.25, 0.3) is 0 Å². The summed E-state index contributed by atoms with van der Waals surface area (Å²) >= 11 is 0. The van der Waals surface area contributed by atoms with Gasteiger partial charge in [-0.25, -0.2) is 9.59 Å². The molecule has 0 spiro atoms. The Labute approximate surface area is 179 Å². The number of carbonyl (C=O) groups excluding carboxylic acids is 2. The molecule has 0 fully saturated rings. The Morgan fingerprint density at radius 2 is 1.55 bits per heavy atom. The van der Waals surface area contributed by atoms with Crippen molar-refractivity contribution >= 4 is 29.3 Å². The quantitative estimate of drug-likeness (QED) is 0.293. The van der Waals surface area contributed by atoms with E-state index in [2.05, 4.69) is 0 Å². The van der Waals surface area contributed by atoms with E-state index in [0.29, 0.717) is 5.69 Å². The summed E-state index contributed by atoms with van der Waals surface area (Å²) in [7, 11) is 0. The van der Waals surface area contributed by atoms with Crippen molar-refractivity contribution in [3.63, 3.8) is 0 Å². The number of esters is 2. The van der Waals surface area contributed by atoms with Gasteiger partial charge < -0.3 is 30.8 Å². The fourth-order valence-electron chi connectivity index (χ4n) is 2.80. The summed E-state index contributed by atoms with van der Waals surface area (Å²) < 4.78 is 15.6. The van der Waals surface area contributed by atoms with Crippen LogP contribution >= 0.6 is 0 Å². The zero-order valence-electron chi connectivity index (χ0n) is 17.4. The predicted molar refractivity (Wildman–Crippen MR) is 113 cm³/mol. The predicted octanol–water partition coefficient (Wildman–Crippen LogP) is 2.34. The maximum Gasteiger partial charge on any atom is 0.336 e. The van der Waals surface area contributed by atoms with E-state index in [9.17, 15) is 19.5 Å². The molecule has 2 atom stereocenters. The van der Waals surface area contributed by atoms with Gasteiger partial charge in [0.05, 0.1) is 18.1 Å². The van der Waals surface area contributed by atoms with Crippen LogP contribution in [0.4, 0.5) is 11.4 Å². The van der Waals surface area contributed by atoms with Crippen molar-refractivity contribution in [2.75, 3.05) is 24.7 Å². The van der Waals surface area contributed by atoms with Gasteiger partial charge in [0.25, 0.3) is 0 Å². The lowest BCUT2D eigenvalue weighted by Crippen LogP contribution is -2.26. The molecule has 5 N–H and O–H groups in total. The lowest BCUT2D eigenvalue weighted by Gasteiger charge is -2.17. The normalized spacial score (nSPS) is 12.6. The minimum absolute atomic E-state index is 0.0667. The van der Waals surface area contributed by atoms with Crippen molar-refractivity contribution in [3.05, 3.63) is 59.2 Å². The van der Waals surface area contributed by atoms with Crippen molar-refractivity contribution < 1.29 is 33.7 Å². The van der Waals surface area contributed by atoms with E-state index in [0.717, 1.165) is 5.56 Å². The number of hydrogen-bond acceptors (Lipinski definition) is 8. The molecule has 2 rings (SSSR count). The first kappa shape index (κ1) is 23.7. The third-order valence-corrected chi connectivity index (χ3v) is 4.54. The Morgan fingerprint density at radius 3 is 2.16 bits per heavy atom. The largest absolute Gasteiger partial charge is 0.478 e. The Balaban J connectivity index is 1.77. The number of rotatable bonds is 10. The average molecular weight is 430 g/mol. The summed E-state index contributed by atoms with van der Waals surface area (Å²) in [5.41, 5.74) is 13.3. The Morgan fingerprint density at radius 1 is 0.935 bits per heavy atom. The number of nitrogen functional groups attached to an aromatic ring is 2. The van der Waals surface area contributed by atoms with Gasteiger partial charge in [-0.05, 0) is 43.7 Å². The van der Waals surface area contributed by atoms with Crippen molar-refractivity contribution in [2.45, 2.75) is 32.5 Å². The van der Waals surface area contributed by atoms with Crippen molar-refractivity contribution in [2.24, 2.45) is 0 Å². The van der Waals surface area contributed by atoms with Crippen LogP contribution in [0.2, 0.25) is 0 Å². The number of anilines is 2. The molecule has 0 bridgehead atoms. The fraction of sp³-hybridized carbons (Fsp3) is 0.318. The number of carboxylic acids is 1. The van der Waals surface area contributed by atoms with Crippen LogP contribution in [0.15, 0.2) is 42.5 Å². The van der Waals surface area contributed by atoms with Gasteiger partial charge in [0.1, 0.15) is 13.2 Å². The molecule has 0 saturated carbocycles. The summed E-state index contributed by atoms with van der Waals surface area (Å²) in [6.07, 6.45) is -0.811. The summed E-state index contributed by atoms with van der Waals surface area (Å²) in [6.45, 7) is 2.92. The molecule has 0 saturated heterocycles. The number of carboxylic acid groups (broad SMARTS) is 1. The number of hydrogen-bond donors (Lipinski definition) is 3. The maximum atomic E-state index is 12.3. The maximum absolute atomic E-state index is 12.3. The molecule has 2 aromatic rings. The van der Waals surface area contributed by atoms with Crippen LogP contribution in [-0.2, 0) is 30.4 Å². The van der Waals surface area contributed by atoms with Gasteiger partial charge in [0, 0.05) is 16.9 Å². The summed E-state index contributed by atoms with van der Waals surface area (Å²) in [4.78, 5) is 35.7. The average Bonchev–Trinajstić information content (AvgIpc) is 2.75. The van der Waals surface area contributed by atoms with E-state index >= 15 is 0 Å². The molecule has 0 aromatic heterocycles. The molecule has 9 heteroatoms. The van der Waals surface area contributed by atoms with Gasteiger partial charge in [-0.2, -0.15) is 0 Å². The minimum Gasteiger partial charge on any atom is -0.478 e. The molecule has 0 aliphatic rings. The van der Waals surface area contributed by atoms with Crippen LogP contribution < -0.4 is 11.5 Å². The van der Waals surface area contributed by atoms with Gasteiger partial charge in [-0.3, -0.25) is 4.79 Å². The Kier molecular flexibility index (Phi) is 8.39. The smallest absolute Gasteiger partial charge is 0.336 e. The molecule has 31 heavy (non-hydrogen) atoms. The molecule has 0 amide bonds. The number of ether oxygens (including phenoxy) is 3. The standard InChI is InChI=1S/C22H26N2O7/c1-13(19-17(20(25)26)4-3-5-18(19)24)21(27)29-10-11-30-22(28)14(2)31-12-15-6-8-16(23)9-7-15/h3-9,13-14H,10-12,23-24H2,1-2H3,(H,25,26)/t13-,14-/m1/s1. The zero-order valence-corrected chi connectivity index (χ0v) is 17.4. The van der Waals surface area contributed by atoms with Gasteiger partial charge in [-0.1, -0.05) is 18.2 Å². The fourth-order valence-corrected chi connectivity index (χ4v) is 2.80. The third-order valence-electron chi connectivity index (χ3n) is 4.54. The van der Waals surface area contributed by atoms with E-state index in [4.69, 9.17) is 25.7 Å². The Hall–Kier alpha value is -3.59. The van der Waals surface area contributed by atoms with Crippen LogP contribution in [-0.4, -0.2) is 42.3 Å². The molecule has 166 valence electrons. The highest BCUT2D eigenvalue weighted by atomic mass is 16.6. The molecule has 0 heterocycles. The van der Waals surface area contributed by atoms with Gasteiger partial charge in [0.15, 0.2) is 6.10 Å². The van der Waals surface area contributed by atoms with Gasteiger partial charge in [-0.15, -0.1) is 0 Å². The second kappa shape index (κ2) is 11.0. The number of carbonyl (C=O) groups is 3. The van der Waals surface area contributed by atoms with E-state index in [-0.39, 0.29) is 36.6 Å². The third kappa shape index (κ3) is 6.71. The molecule has 9 nitrogen and oxygen atoms in total. The second-order valence-electron chi connectivity index (χ2n) is 6.87. The van der Waals surface area contributed by atoms with Crippen molar-refractivity contribution in [3.8, 4) is 0 Å². The summed E-state index contributed by atoms with van der Waals surface area (Å²) in [5, 5.41) is 9.29. The lowest BCUT2D eigenvalue weighted by atomic mass is 9.94. The van der Waals surface area contributed by atoms with Crippen molar-refractivity contribution in [1.29, 1.82) is 0 Å². The van der Waals surface area contributed by atoms with Crippen molar-refractivity contribution in [1.82, 2.24) is 0 Å². The van der Waals surface area contributed by atoms with E-state index in [1.54, 1.807) is 31.2 Å². The summed E-state index contributed by atoms with van der Waals surface area (Å²) in [5.74, 6) is -3.36. The van der Waals surface area contributed by atoms with Gasteiger partial charge in [0.2, 0.25) is 0 Å². The monoisotopic (exact) mass is 430 g/mol. The molecule has 0 aliphatic heterocycles. The second-order valence-corrected chi connectivity index (χ2v) is 6.87. The first-order valence-electron chi connectivity index (χ1n) is 9.61. The first-order valence-corrected chi connectivity index (χ1v) is 9.61. The lowest BCUT2D eigenvalue weighted by molar-refractivity contribution is -0.161. The minimum atomic E-state index is -1.19. The highest BCUT2D eigenvalue weighted by molar-refractivity contribution is 5.94. The number of nitrogens with two attached hydrogens (primary N) is 2. The summed E-state index contributed by atoms with van der Waals surface area (Å²) in [6, 6.07) is 11.4. The molecule has 2 aromatic carbocycles. The van der Waals surface area contributed by atoms with Crippen LogP contribution in [0.1, 0.15) is 41.3 Å². The SMILES string of the molecule is C[C@@H](OCc1ccc(N)cc1)C(=O)OCCOC(=O)[C@H](C)c1c(N)cccc1C(=O)O. The molecule has 0 radical (unpaired) electrons. The first-order chi connectivity index (χ1) is 14.7. The number of aromatic carboxylic acids is 1. The number of benzene rings is 2. The molecular weight excluding hydrogens is 404 g/mol. The zero-order chi connectivity index (χ0) is 23.0. The topological polar surface area (TPSA) is 151 Å². The highest BCUT2D eigenvalue weighted by Crippen LogP contribution is 2.27.